The number of nitrogens with one attached hydrogen (secondary N) is 3. The maximum atomic E-state index is 5.93. The van der Waals surface area contributed by atoms with Crippen LogP contribution in [0.4, 0.5) is 0 Å². The van der Waals surface area contributed by atoms with E-state index >= 15 is 0 Å². The lowest BCUT2D eigenvalue weighted by Crippen LogP contribution is -2.90. The van der Waals surface area contributed by atoms with Crippen LogP contribution in [0.1, 0.15) is 0 Å². The minimum atomic E-state index is -1.66. The molecule has 0 aromatic heterocycles. The molecule has 0 aromatic carbocycles. The first-order chi connectivity index (χ1) is 6.62. The van der Waals surface area contributed by atoms with Crippen LogP contribution >= 0.6 is 0 Å². The van der Waals surface area contributed by atoms with E-state index in [0.29, 0.717) is 0 Å². The van der Waals surface area contributed by atoms with Gasteiger partial charge in [-0.2, -0.15) is 0 Å². The van der Waals surface area contributed by atoms with Gasteiger partial charge in [0, 0.05) is 0 Å². The molecule has 15 N–H and O–H groups in total. The molecule has 2 atom stereocenters. The second-order valence-corrected chi connectivity index (χ2v) is 3.87. The Morgan fingerprint density at radius 3 is 2.00 bits per heavy atom. The summed E-state index contributed by atoms with van der Waals surface area (Å²) in [5.41, 5.74) is 35.1. The number of nitrogens with zero attached hydrogens (tertiary/aromatic N) is 2. The molecule has 0 aromatic rings. The summed E-state index contributed by atoms with van der Waals surface area (Å²) in [7, 11) is 0. The van der Waals surface area contributed by atoms with Crippen LogP contribution in [-0.4, -0.2) is 23.1 Å². The number of fused-ring (bicyclic) bond motifs is 1. The van der Waals surface area contributed by atoms with Gasteiger partial charge in [-0.1, -0.05) is 5.22 Å². The summed E-state index contributed by atoms with van der Waals surface area (Å²) in [5.74, 6) is -4.79. The van der Waals surface area contributed by atoms with Crippen LogP contribution in [0.2, 0.25) is 0 Å². The normalized spacial score (nSPS) is 46.0. The standard InChI is InChI=1S/C4H15N11/c5-1-2(6,7)13-15-14-3(1,8)12-4(9,10)11-1/h11-12H,5-10H2,(H,13,14). The van der Waals surface area contributed by atoms with Crippen molar-refractivity contribution in [1.82, 2.24) is 16.1 Å². The van der Waals surface area contributed by atoms with Crippen LogP contribution in [0.3, 0.4) is 0 Å². The van der Waals surface area contributed by atoms with Gasteiger partial charge in [-0.15, -0.1) is 5.11 Å². The van der Waals surface area contributed by atoms with Crippen molar-refractivity contribution in [2.45, 2.75) is 23.1 Å². The van der Waals surface area contributed by atoms with E-state index in [-0.39, 0.29) is 0 Å². The molecule has 1 saturated heterocycles. The highest BCUT2D eigenvalue weighted by Gasteiger charge is 2.68. The number of nitrogens with two attached hydrogens (primary N) is 6. The molecular formula is C4H15N11. The lowest BCUT2D eigenvalue weighted by atomic mass is 9.96. The summed E-state index contributed by atoms with van der Waals surface area (Å²) in [4.78, 5) is 0. The highest BCUT2D eigenvalue weighted by Crippen LogP contribution is 2.29. The van der Waals surface area contributed by atoms with E-state index in [1.54, 1.807) is 0 Å². The summed E-state index contributed by atoms with van der Waals surface area (Å²) >= 11 is 0. The lowest BCUT2D eigenvalue weighted by Gasteiger charge is -2.47. The highest BCUT2D eigenvalue weighted by atomic mass is 15.7. The summed E-state index contributed by atoms with van der Waals surface area (Å²) in [6, 6.07) is 0. The fourth-order valence-corrected chi connectivity index (χ4v) is 1.66. The Balaban J connectivity index is 2.51. The van der Waals surface area contributed by atoms with Crippen molar-refractivity contribution in [3.63, 3.8) is 0 Å². The smallest absolute Gasteiger partial charge is 0.225 e. The molecule has 2 heterocycles. The van der Waals surface area contributed by atoms with Gasteiger partial charge in [0.25, 0.3) is 0 Å². The highest BCUT2D eigenvalue weighted by molar-refractivity contribution is 5.20. The summed E-state index contributed by atoms with van der Waals surface area (Å²) in [6.07, 6.45) is 0. The van der Waals surface area contributed by atoms with Gasteiger partial charge in [-0.25, -0.2) is 10.6 Å². The van der Waals surface area contributed by atoms with Gasteiger partial charge in [-0.05, 0) is 0 Å². The van der Waals surface area contributed by atoms with Crippen LogP contribution in [0.25, 0.3) is 0 Å². The number of hydrogen-bond donors (Lipinski definition) is 9. The van der Waals surface area contributed by atoms with Gasteiger partial charge < -0.3 is 5.73 Å². The Hall–Kier alpha value is -0.920. The van der Waals surface area contributed by atoms with Crippen LogP contribution in [-0.2, 0) is 0 Å². The third-order valence-electron chi connectivity index (χ3n) is 2.50. The van der Waals surface area contributed by atoms with E-state index in [9.17, 15) is 0 Å². The monoisotopic (exact) mass is 217 g/mol. The van der Waals surface area contributed by atoms with Crippen LogP contribution in [0, 0.1) is 0 Å². The first-order valence-corrected chi connectivity index (χ1v) is 4.13. The first kappa shape index (κ1) is 10.6. The Kier molecular flexibility index (Phi) is 1.71. The zero-order valence-electron chi connectivity index (χ0n) is 7.86. The Bertz CT molecular complexity index is 321. The lowest BCUT2D eigenvalue weighted by molar-refractivity contribution is 0.0522. The molecule has 86 valence electrons. The average molecular weight is 217 g/mol. The summed E-state index contributed by atoms with van der Waals surface area (Å²) in [5, 5.41) is 12.2. The predicted octanol–water partition coefficient (Wildman–Crippen LogP) is -5.48. The predicted molar refractivity (Wildman–Crippen MR) is 50.3 cm³/mol. The molecule has 2 aliphatic heterocycles. The molecule has 0 radical (unpaired) electrons. The molecule has 0 saturated carbocycles. The third kappa shape index (κ3) is 1.17. The minimum absolute atomic E-state index is 1.54. The maximum absolute atomic E-state index is 5.93. The van der Waals surface area contributed by atoms with Gasteiger partial charge >= 0.3 is 0 Å². The topological polar surface area (TPSA) is 217 Å². The van der Waals surface area contributed by atoms with Crippen molar-refractivity contribution < 1.29 is 0 Å². The molecule has 0 spiro atoms. The van der Waals surface area contributed by atoms with Crippen molar-refractivity contribution in [1.29, 1.82) is 0 Å². The molecule has 11 nitrogen and oxygen atoms in total. The molecule has 15 heavy (non-hydrogen) atoms. The van der Waals surface area contributed by atoms with E-state index in [0.717, 1.165) is 0 Å². The van der Waals surface area contributed by atoms with Gasteiger partial charge in [-0.3, -0.25) is 34.1 Å². The average Bonchev–Trinajstić information content (AvgIpc) is 2.17. The van der Waals surface area contributed by atoms with Crippen molar-refractivity contribution in [3.05, 3.63) is 0 Å². The van der Waals surface area contributed by atoms with E-state index in [2.05, 4.69) is 26.4 Å². The molecule has 2 rings (SSSR count). The quantitative estimate of drug-likeness (QED) is 0.176. The second-order valence-electron chi connectivity index (χ2n) is 3.87. The van der Waals surface area contributed by atoms with Gasteiger partial charge in [0.2, 0.25) is 5.79 Å². The fourth-order valence-electron chi connectivity index (χ4n) is 1.66. The summed E-state index contributed by atoms with van der Waals surface area (Å²) < 4.78 is 0. The zero-order chi connectivity index (χ0) is 11.5. The molecule has 11 heteroatoms. The SMILES string of the molecule is NC1(N)NC2(N)N=NNC(N)(N)C2(N)N1. The van der Waals surface area contributed by atoms with Crippen LogP contribution < -0.4 is 50.5 Å². The zero-order valence-corrected chi connectivity index (χ0v) is 7.86. The molecular weight excluding hydrogens is 202 g/mol. The Morgan fingerprint density at radius 2 is 1.47 bits per heavy atom. The van der Waals surface area contributed by atoms with Crippen molar-refractivity contribution in [2.24, 2.45) is 44.7 Å². The van der Waals surface area contributed by atoms with Crippen molar-refractivity contribution in [2.75, 3.05) is 0 Å². The summed E-state index contributed by atoms with van der Waals surface area (Å²) in [6.45, 7) is 0. The molecule has 0 aliphatic carbocycles. The van der Waals surface area contributed by atoms with E-state index in [1.165, 1.54) is 0 Å². The minimum Gasteiger partial charge on any atom is -0.304 e. The Morgan fingerprint density at radius 1 is 0.867 bits per heavy atom. The van der Waals surface area contributed by atoms with Gasteiger partial charge in [0.05, 0.1) is 0 Å². The molecule has 0 bridgehead atoms. The Labute approximate surface area is 84.9 Å². The van der Waals surface area contributed by atoms with Crippen LogP contribution in [0.5, 0.6) is 0 Å². The fraction of sp³-hybridized carbons (Fsp3) is 1.00. The van der Waals surface area contributed by atoms with Crippen molar-refractivity contribution >= 4 is 0 Å². The largest absolute Gasteiger partial charge is 0.304 e. The van der Waals surface area contributed by atoms with E-state index < -0.39 is 23.1 Å². The van der Waals surface area contributed by atoms with E-state index in [4.69, 9.17) is 34.4 Å². The molecule has 2 unspecified atom stereocenters. The molecule has 2 aliphatic rings. The first-order valence-electron chi connectivity index (χ1n) is 4.13. The van der Waals surface area contributed by atoms with Crippen molar-refractivity contribution in [3.8, 4) is 0 Å². The van der Waals surface area contributed by atoms with Gasteiger partial charge in [0.1, 0.15) is 0 Å². The van der Waals surface area contributed by atoms with Gasteiger partial charge in [0.15, 0.2) is 17.4 Å². The van der Waals surface area contributed by atoms with Crippen LogP contribution in [0.15, 0.2) is 10.3 Å². The number of rotatable bonds is 0. The number of hydrogen-bond acceptors (Lipinski definition) is 11. The molecule has 1 fully saturated rings. The van der Waals surface area contributed by atoms with E-state index in [1.807, 2.05) is 0 Å². The third-order valence-corrected chi connectivity index (χ3v) is 2.50. The maximum Gasteiger partial charge on any atom is 0.225 e. The second kappa shape index (κ2) is 2.42. The molecule has 0 amide bonds.